The van der Waals surface area contributed by atoms with Crippen molar-refractivity contribution < 1.29 is 4.39 Å². The van der Waals surface area contributed by atoms with Crippen molar-refractivity contribution in [3.8, 4) is 0 Å². The van der Waals surface area contributed by atoms with Gasteiger partial charge < -0.3 is 5.32 Å². The molecule has 11 heavy (non-hydrogen) atoms. The zero-order chi connectivity index (χ0) is 8.27. The number of halogens is 1. The number of hydrogen-bond donors (Lipinski definition) is 1. The quantitative estimate of drug-likeness (QED) is 0.602. The zero-order valence-corrected chi connectivity index (χ0v) is 7.31. The van der Waals surface area contributed by atoms with Gasteiger partial charge in [-0.25, -0.2) is 4.39 Å². The molecule has 0 radical (unpaired) electrons. The summed E-state index contributed by atoms with van der Waals surface area (Å²) in [6.07, 6.45) is -0.772. The lowest BCUT2D eigenvalue weighted by Gasteiger charge is -2.32. The van der Waals surface area contributed by atoms with Crippen LogP contribution in [0.2, 0.25) is 0 Å². The lowest BCUT2D eigenvalue weighted by Crippen LogP contribution is -2.50. The van der Waals surface area contributed by atoms with E-state index in [1.54, 1.807) is 0 Å². The number of alkyl halides is 1. The van der Waals surface area contributed by atoms with Crippen LogP contribution in [-0.2, 0) is 0 Å². The van der Waals surface area contributed by atoms with Gasteiger partial charge >= 0.3 is 0 Å². The molecule has 1 saturated heterocycles. The minimum atomic E-state index is -0.772. The zero-order valence-electron chi connectivity index (χ0n) is 7.31. The van der Waals surface area contributed by atoms with E-state index in [2.05, 4.69) is 19.2 Å². The van der Waals surface area contributed by atoms with Crippen LogP contribution in [0.25, 0.3) is 0 Å². The van der Waals surface area contributed by atoms with E-state index in [1.165, 1.54) is 0 Å². The number of piperazine rings is 1. The molecule has 0 spiro atoms. The summed E-state index contributed by atoms with van der Waals surface area (Å²) in [7, 11) is 0. The highest BCUT2D eigenvalue weighted by Crippen LogP contribution is 2.07. The van der Waals surface area contributed by atoms with E-state index in [9.17, 15) is 4.39 Å². The van der Waals surface area contributed by atoms with Crippen LogP contribution in [0, 0.1) is 5.92 Å². The third-order valence-corrected chi connectivity index (χ3v) is 1.88. The van der Waals surface area contributed by atoms with Crippen molar-refractivity contribution in [2.75, 3.05) is 26.2 Å². The Morgan fingerprint density at radius 2 is 2.36 bits per heavy atom. The Kier molecular flexibility index (Phi) is 3.27. The van der Waals surface area contributed by atoms with Gasteiger partial charge in [0, 0.05) is 26.2 Å². The first-order valence-electron chi connectivity index (χ1n) is 4.29. The Morgan fingerprint density at radius 1 is 1.64 bits per heavy atom. The Morgan fingerprint density at radius 3 is 2.91 bits per heavy atom. The van der Waals surface area contributed by atoms with Crippen molar-refractivity contribution in [1.82, 2.24) is 10.2 Å². The van der Waals surface area contributed by atoms with Crippen molar-refractivity contribution >= 4 is 0 Å². The van der Waals surface area contributed by atoms with Crippen LogP contribution in [-0.4, -0.2) is 37.4 Å². The molecule has 1 atom stereocenters. The van der Waals surface area contributed by atoms with Crippen LogP contribution in [0.4, 0.5) is 4.39 Å². The van der Waals surface area contributed by atoms with Crippen molar-refractivity contribution in [2.24, 2.45) is 5.92 Å². The van der Waals surface area contributed by atoms with E-state index in [0.29, 0.717) is 12.5 Å². The van der Waals surface area contributed by atoms with Gasteiger partial charge in [0.25, 0.3) is 0 Å². The second-order valence-electron chi connectivity index (χ2n) is 3.53. The summed E-state index contributed by atoms with van der Waals surface area (Å²) < 4.78 is 13.1. The van der Waals surface area contributed by atoms with Gasteiger partial charge in [0.15, 0.2) is 6.30 Å². The van der Waals surface area contributed by atoms with Crippen LogP contribution < -0.4 is 5.32 Å². The van der Waals surface area contributed by atoms with Gasteiger partial charge in [0.05, 0.1) is 0 Å². The molecule has 1 N–H and O–H groups in total. The predicted molar refractivity (Wildman–Crippen MR) is 44.2 cm³/mol. The summed E-state index contributed by atoms with van der Waals surface area (Å²) in [6, 6.07) is 0. The summed E-state index contributed by atoms with van der Waals surface area (Å²) >= 11 is 0. The van der Waals surface area contributed by atoms with Crippen LogP contribution in [0.5, 0.6) is 0 Å². The first kappa shape index (κ1) is 8.94. The van der Waals surface area contributed by atoms with Gasteiger partial charge in [0.1, 0.15) is 0 Å². The maximum Gasteiger partial charge on any atom is 0.166 e. The average molecular weight is 160 g/mol. The predicted octanol–water partition coefficient (Wildman–Crippen LogP) is 0.843. The summed E-state index contributed by atoms with van der Waals surface area (Å²) in [5.41, 5.74) is 0. The minimum absolute atomic E-state index is 0.493. The van der Waals surface area contributed by atoms with E-state index in [0.717, 1.165) is 19.6 Å². The Labute approximate surface area is 67.8 Å². The van der Waals surface area contributed by atoms with Gasteiger partial charge in [-0.2, -0.15) is 0 Å². The number of hydrogen-bond acceptors (Lipinski definition) is 2. The number of nitrogens with one attached hydrogen (secondary N) is 1. The Bertz CT molecular complexity index is 117. The third kappa shape index (κ3) is 2.75. The average Bonchev–Trinajstić information content (AvgIpc) is 1.93. The fourth-order valence-corrected chi connectivity index (χ4v) is 1.39. The largest absolute Gasteiger partial charge is 0.311 e. The van der Waals surface area contributed by atoms with E-state index in [-0.39, 0.29) is 0 Å². The molecule has 0 aromatic heterocycles. The summed E-state index contributed by atoms with van der Waals surface area (Å²) in [6.45, 7) is 7.38. The fourth-order valence-electron chi connectivity index (χ4n) is 1.39. The van der Waals surface area contributed by atoms with E-state index >= 15 is 0 Å². The summed E-state index contributed by atoms with van der Waals surface area (Å²) in [5, 5.41) is 3.02. The number of rotatable bonds is 2. The van der Waals surface area contributed by atoms with Crippen LogP contribution in [0.3, 0.4) is 0 Å². The lowest BCUT2D eigenvalue weighted by molar-refractivity contribution is 0.0491. The van der Waals surface area contributed by atoms with Gasteiger partial charge in [-0.15, -0.1) is 0 Å². The normalized spacial score (nSPS) is 27.8. The molecule has 1 aliphatic rings. The smallest absolute Gasteiger partial charge is 0.166 e. The second-order valence-corrected chi connectivity index (χ2v) is 3.53. The molecule has 0 aromatic rings. The lowest BCUT2D eigenvalue weighted by atomic mass is 10.2. The van der Waals surface area contributed by atoms with E-state index in [4.69, 9.17) is 0 Å². The molecule has 1 rings (SSSR count). The Balaban J connectivity index is 2.29. The highest BCUT2D eigenvalue weighted by molar-refractivity contribution is 4.72. The van der Waals surface area contributed by atoms with Crippen LogP contribution >= 0.6 is 0 Å². The first-order valence-corrected chi connectivity index (χ1v) is 4.29. The monoisotopic (exact) mass is 160 g/mol. The first-order chi connectivity index (χ1) is 5.20. The highest BCUT2D eigenvalue weighted by Gasteiger charge is 2.21. The van der Waals surface area contributed by atoms with Crippen LogP contribution in [0.15, 0.2) is 0 Å². The fraction of sp³-hybridized carbons (Fsp3) is 1.00. The van der Waals surface area contributed by atoms with Gasteiger partial charge in [0.2, 0.25) is 0 Å². The molecule has 66 valence electrons. The van der Waals surface area contributed by atoms with Crippen molar-refractivity contribution in [3.63, 3.8) is 0 Å². The summed E-state index contributed by atoms with van der Waals surface area (Å²) in [5.74, 6) is 0.561. The van der Waals surface area contributed by atoms with E-state index in [1.807, 2.05) is 4.90 Å². The van der Waals surface area contributed by atoms with Crippen molar-refractivity contribution in [1.29, 1.82) is 0 Å². The molecular formula is C8H17FN2. The molecule has 1 fully saturated rings. The molecule has 3 heteroatoms. The molecule has 0 bridgehead atoms. The van der Waals surface area contributed by atoms with E-state index < -0.39 is 6.30 Å². The summed E-state index contributed by atoms with van der Waals surface area (Å²) in [4.78, 5) is 1.90. The van der Waals surface area contributed by atoms with Crippen LogP contribution in [0.1, 0.15) is 13.8 Å². The molecule has 0 saturated carbocycles. The maximum atomic E-state index is 13.1. The minimum Gasteiger partial charge on any atom is -0.311 e. The van der Waals surface area contributed by atoms with Gasteiger partial charge in [-0.05, 0) is 5.92 Å². The second kappa shape index (κ2) is 4.02. The molecular weight excluding hydrogens is 143 g/mol. The number of nitrogens with zero attached hydrogens (tertiary/aromatic N) is 1. The molecule has 0 amide bonds. The third-order valence-electron chi connectivity index (χ3n) is 1.88. The molecule has 0 aliphatic carbocycles. The highest BCUT2D eigenvalue weighted by atomic mass is 19.1. The molecule has 0 aromatic carbocycles. The Hall–Kier alpha value is -0.150. The van der Waals surface area contributed by atoms with Gasteiger partial charge in [-0.3, -0.25) is 4.90 Å². The topological polar surface area (TPSA) is 15.3 Å². The SMILES string of the molecule is CC(C)CN1CCNCC1F. The standard InChI is InChI=1S/C8H17FN2/c1-7(2)6-11-4-3-10-5-8(11)9/h7-8,10H,3-6H2,1-2H3. The molecule has 1 unspecified atom stereocenters. The van der Waals surface area contributed by atoms with Gasteiger partial charge in [-0.1, -0.05) is 13.8 Å². The van der Waals surface area contributed by atoms with Crippen molar-refractivity contribution in [2.45, 2.75) is 20.1 Å². The molecule has 2 nitrogen and oxygen atoms in total. The molecule has 1 aliphatic heterocycles. The molecule has 1 heterocycles. The maximum absolute atomic E-state index is 13.1. The van der Waals surface area contributed by atoms with Crippen molar-refractivity contribution in [3.05, 3.63) is 0 Å².